The fourth-order valence-electron chi connectivity index (χ4n) is 3.05. The van der Waals surface area contributed by atoms with Gasteiger partial charge in [0.25, 0.3) is 11.6 Å². The fraction of sp³-hybridized carbons (Fsp3) is 0.389. The maximum absolute atomic E-state index is 12.2. The molecule has 2 heterocycles. The van der Waals surface area contributed by atoms with Gasteiger partial charge in [0, 0.05) is 51.0 Å². The second-order valence-electron chi connectivity index (χ2n) is 6.23. The first-order chi connectivity index (χ1) is 12.5. The number of benzene rings is 1. The number of thiophene rings is 1. The number of hydrogen-bond acceptors (Lipinski definition) is 6. The first-order valence-corrected chi connectivity index (χ1v) is 9.41. The third-order valence-electron chi connectivity index (χ3n) is 4.52. The van der Waals surface area contributed by atoms with Crippen LogP contribution in [0.4, 0.5) is 11.4 Å². The number of nitrogens with zero attached hydrogens (tertiary/aromatic N) is 3. The van der Waals surface area contributed by atoms with E-state index in [1.165, 1.54) is 11.8 Å². The van der Waals surface area contributed by atoms with Crippen molar-refractivity contribution in [1.29, 1.82) is 0 Å². The Labute approximate surface area is 156 Å². The summed E-state index contributed by atoms with van der Waals surface area (Å²) in [6.45, 7) is 6.81. The molecule has 1 aromatic carbocycles. The minimum atomic E-state index is -0.450. The van der Waals surface area contributed by atoms with Crippen molar-refractivity contribution in [3.8, 4) is 0 Å². The molecule has 2 aromatic rings. The zero-order valence-corrected chi connectivity index (χ0v) is 15.5. The number of para-hydroxylation sites is 1. The lowest BCUT2D eigenvalue weighted by Crippen LogP contribution is -2.48. The van der Waals surface area contributed by atoms with E-state index in [1.807, 2.05) is 18.2 Å². The molecule has 0 saturated carbocycles. The van der Waals surface area contributed by atoms with Gasteiger partial charge in [0.05, 0.1) is 14.7 Å². The van der Waals surface area contributed by atoms with Crippen LogP contribution in [0, 0.1) is 17.0 Å². The highest BCUT2D eigenvalue weighted by molar-refractivity contribution is 7.14. The summed E-state index contributed by atoms with van der Waals surface area (Å²) in [6, 6.07) is 11.7. The summed E-state index contributed by atoms with van der Waals surface area (Å²) in [5.74, 6) is -0.242. The van der Waals surface area contributed by atoms with Crippen LogP contribution in [0.2, 0.25) is 0 Å². The van der Waals surface area contributed by atoms with E-state index >= 15 is 0 Å². The lowest BCUT2D eigenvalue weighted by molar-refractivity contribution is -0.385. The van der Waals surface area contributed by atoms with Crippen LogP contribution < -0.4 is 10.2 Å². The minimum absolute atomic E-state index is 0.0113. The number of aryl methyl sites for hydroxylation is 1. The Balaban J connectivity index is 1.42. The molecule has 1 amide bonds. The Kier molecular flexibility index (Phi) is 5.85. The normalized spacial score (nSPS) is 15.0. The van der Waals surface area contributed by atoms with Gasteiger partial charge in [0.15, 0.2) is 0 Å². The van der Waals surface area contributed by atoms with Gasteiger partial charge < -0.3 is 10.2 Å². The highest BCUT2D eigenvalue weighted by atomic mass is 32.1. The third kappa shape index (κ3) is 4.39. The molecule has 8 heteroatoms. The van der Waals surface area contributed by atoms with Crippen molar-refractivity contribution in [3.05, 3.63) is 56.3 Å². The van der Waals surface area contributed by atoms with E-state index < -0.39 is 4.92 Å². The van der Waals surface area contributed by atoms with Crippen LogP contribution in [-0.2, 0) is 0 Å². The van der Waals surface area contributed by atoms with Crippen molar-refractivity contribution in [1.82, 2.24) is 10.2 Å². The van der Waals surface area contributed by atoms with Crippen molar-refractivity contribution < 1.29 is 9.72 Å². The fourth-order valence-corrected chi connectivity index (χ4v) is 3.95. The largest absolute Gasteiger partial charge is 0.369 e. The number of nitro groups is 1. The molecule has 0 unspecified atom stereocenters. The Morgan fingerprint density at radius 3 is 2.54 bits per heavy atom. The monoisotopic (exact) mass is 374 g/mol. The predicted molar refractivity (Wildman–Crippen MR) is 103 cm³/mol. The van der Waals surface area contributed by atoms with E-state index in [1.54, 1.807) is 6.92 Å². The van der Waals surface area contributed by atoms with Crippen molar-refractivity contribution in [3.63, 3.8) is 0 Å². The number of hydrogen-bond donors (Lipinski definition) is 1. The van der Waals surface area contributed by atoms with Gasteiger partial charge in [-0.15, -0.1) is 11.3 Å². The zero-order valence-electron chi connectivity index (χ0n) is 14.7. The molecule has 1 aliphatic rings. The van der Waals surface area contributed by atoms with Crippen LogP contribution >= 0.6 is 11.3 Å². The highest BCUT2D eigenvalue weighted by Crippen LogP contribution is 2.27. The Morgan fingerprint density at radius 1 is 1.23 bits per heavy atom. The Bertz CT molecular complexity index is 770. The number of carbonyl (C=O) groups is 1. The molecule has 1 saturated heterocycles. The second kappa shape index (κ2) is 8.29. The summed E-state index contributed by atoms with van der Waals surface area (Å²) in [5, 5.41) is 13.7. The van der Waals surface area contributed by atoms with Crippen LogP contribution in [0.5, 0.6) is 0 Å². The van der Waals surface area contributed by atoms with E-state index in [4.69, 9.17) is 0 Å². The average molecular weight is 374 g/mol. The van der Waals surface area contributed by atoms with Crippen molar-refractivity contribution in [2.75, 3.05) is 44.2 Å². The Hall–Kier alpha value is -2.45. The summed E-state index contributed by atoms with van der Waals surface area (Å²) >= 11 is 1.16. The van der Waals surface area contributed by atoms with Gasteiger partial charge >= 0.3 is 0 Å². The molecule has 0 spiro atoms. The molecular formula is C18H22N4O3S. The summed E-state index contributed by atoms with van der Waals surface area (Å²) in [7, 11) is 0. The molecule has 3 rings (SSSR count). The Morgan fingerprint density at radius 2 is 1.92 bits per heavy atom. The average Bonchev–Trinajstić information content (AvgIpc) is 3.05. The molecule has 7 nitrogen and oxygen atoms in total. The molecule has 0 radical (unpaired) electrons. The maximum Gasteiger partial charge on any atom is 0.283 e. The van der Waals surface area contributed by atoms with E-state index in [2.05, 4.69) is 27.2 Å². The van der Waals surface area contributed by atoms with E-state index in [-0.39, 0.29) is 11.6 Å². The van der Waals surface area contributed by atoms with Gasteiger partial charge in [0.1, 0.15) is 0 Å². The summed E-state index contributed by atoms with van der Waals surface area (Å²) in [5.41, 5.74) is 1.26. The number of nitrogens with one attached hydrogen (secondary N) is 1. The van der Waals surface area contributed by atoms with Crippen LogP contribution in [0.3, 0.4) is 0 Å². The standard InChI is InChI=1S/C18H22N4O3S/c1-14-16(22(24)25)13-17(26-14)18(23)19-7-8-20-9-11-21(12-10-20)15-5-3-2-4-6-15/h2-6,13H,7-12H2,1H3,(H,19,23). The third-order valence-corrected chi connectivity index (χ3v) is 5.56. The van der Waals surface area contributed by atoms with Crippen LogP contribution in [0.15, 0.2) is 36.4 Å². The number of rotatable bonds is 6. The zero-order chi connectivity index (χ0) is 18.5. The molecule has 1 N–H and O–H groups in total. The quantitative estimate of drug-likeness (QED) is 0.621. The number of anilines is 1. The molecule has 0 atom stereocenters. The van der Waals surface area contributed by atoms with Crippen molar-refractivity contribution >= 4 is 28.6 Å². The van der Waals surface area contributed by atoms with Gasteiger partial charge in [-0.1, -0.05) is 18.2 Å². The summed E-state index contributed by atoms with van der Waals surface area (Å²) < 4.78 is 0. The highest BCUT2D eigenvalue weighted by Gasteiger charge is 2.20. The molecule has 138 valence electrons. The lowest BCUT2D eigenvalue weighted by Gasteiger charge is -2.36. The van der Waals surface area contributed by atoms with Gasteiger partial charge in [-0.3, -0.25) is 19.8 Å². The number of carbonyl (C=O) groups excluding carboxylic acids is 1. The molecule has 1 aromatic heterocycles. The lowest BCUT2D eigenvalue weighted by atomic mass is 10.2. The van der Waals surface area contributed by atoms with Crippen molar-refractivity contribution in [2.24, 2.45) is 0 Å². The molecule has 1 fully saturated rings. The van der Waals surface area contributed by atoms with E-state index in [9.17, 15) is 14.9 Å². The minimum Gasteiger partial charge on any atom is -0.369 e. The summed E-state index contributed by atoms with van der Waals surface area (Å²) in [4.78, 5) is 28.2. The van der Waals surface area contributed by atoms with Crippen LogP contribution in [0.1, 0.15) is 14.5 Å². The topological polar surface area (TPSA) is 78.7 Å². The number of piperazine rings is 1. The van der Waals surface area contributed by atoms with Gasteiger partial charge in [-0.2, -0.15) is 0 Å². The predicted octanol–water partition coefficient (Wildman–Crippen LogP) is 2.52. The summed E-state index contributed by atoms with van der Waals surface area (Å²) in [6.07, 6.45) is 0. The maximum atomic E-state index is 12.2. The van der Waals surface area contributed by atoms with Crippen LogP contribution in [-0.4, -0.2) is 55.0 Å². The first-order valence-electron chi connectivity index (χ1n) is 8.60. The van der Waals surface area contributed by atoms with Crippen molar-refractivity contribution in [2.45, 2.75) is 6.92 Å². The van der Waals surface area contributed by atoms with E-state index in [0.29, 0.717) is 16.3 Å². The van der Waals surface area contributed by atoms with Gasteiger partial charge in [-0.05, 0) is 19.1 Å². The van der Waals surface area contributed by atoms with Crippen LogP contribution in [0.25, 0.3) is 0 Å². The van der Waals surface area contributed by atoms with Gasteiger partial charge in [-0.25, -0.2) is 0 Å². The smallest absolute Gasteiger partial charge is 0.283 e. The molecular weight excluding hydrogens is 352 g/mol. The van der Waals surface area contributed by atoms with Gasteiger partial charge in [0.2, 0.25) is 0 Å². The second-order valence-corrected chi connectivity index (χ2v) is 7.49. The van der Waals surface area contributed by atoms with E-state index in [0.717, 1.165) is 44.1 Å². The first kappa shape index (κ1) is 18.3. The molecule has 1 aliphatic heterocycles. The molecule has 0 bridgehead atoms. The molecule has 0 aliphatic carbocycles. The number of amides is 1. The SMILES string of the molecule is Cc1sc(C(=O)NCCN2CCN(c3ccccc3)CC2)cc1[N+](=O)[O-]. The molecule has 26 heavy (non-hydrogen) atoms.